The molecule has 7 nitrogen and oxygen atoms in total. The zero-order chi connectivity index (χ0) is 17.2. The summed E-state index contributed by atoms with van der Waals surface area (Å²) in [5, 5.41) is 20.5. The van der Waals surface area contributed by atoms with Gasteiger partial charge in [0, 0.05) is 30.3 Å². The number of aryl methyl sites for hydroxylation is 1. The second-order valence-corrected chi connectivity index (χ2v) is 6.15. The highest BCUT2D eigenvalue weighted by molar-refractivity contribution is 5.95. The molecule has 7 heteroatoms. The summed E-state index contributed by atoms with van der Waals surface area (Å²) in [5.74, 6) is -1.29. The van der Waals surface area contributed by atoms with Crippen molar-refractivity contribution in [3.8, 4) is 0 Å². The van der Waals surface area contributed by atoms with Gasteiger partial charge in [-0.05, 0) is 32.3 Å². The predicted octanol–water partition coefficient (Wildman–Crippen LogP) is 2.48. The first-order chi connectivity index (χ1) is 10.8. The molecule has 2 rings (SSSR count). The van der Waals surface area contributed by atoms with Crippen LogP contribution in [0.15, 0.2) is 18.2 Å². The van der Waals surface area contributed by atoms with E-state index in [9.17, 15) is 24.8 Å². The highest BCUT2D eigenvalue weighted by Crippen LogP contribution is 2.31. The van der Waals surface area contributed by atoms with Crippen molar-refractivity contribution in [3.05, 3.63) is 39.4 Å². The van der Waals surface area contributed by atoms with Crippen LogP contribution in [-0.2, 0) is 11.2 Å². The number of carbonyl (C=O) groups excluding carboxylic acids is 1. The lowest BCUT2D eigenvalue weighted by Crippen LogP contribution is -2.48. The van der Waals surface area contributed by atoms with E-state index < -0.39 is 16.3 Å². The molecule has 1 heterocycles. The molecule has 1 aromatic carbocycles. The maximum absolute atomic E-state index is 12.6. The van der Waals surface area contributed by atoms with Crippen molar-refractivity contribution in [1.82, 2.24) is 4.90 Å². The maximum atomic E-state index is 12.6. The van der Waals surface area contributed by atoms with E-state index in [1.165, 1.54) is 11.0 Å². The van der Waals surface area contributed by atoms with Crippen LogP contribution in [0.4, 0.5) is 5.69 Å². The molecular weight excluding hydrogens is 300 g/mol. The molecule has 0 saturated carbocycles. The number of nitro benzene ring substituents is 1. The fraction of sp³-hybridized carbons (Fsp3) is 0.500. The SMILES string of the molecule is CCc1ccc(C(=O)N2CCCC(C)(C(=O)O)C2)cc1[N+](=O)[O-]. The summed E-state index contributed by atoms with van der Waals surface area (Å²) >= 11 is 0. The Labute approximate surface area is 134 Å². The number of amides is 1. The van der Waals surface area contributed by atoms with Crippen molar-refractivity contribution in [2.24, 2.45) is 5.41 Å². The number of aliphatic carboxylic acids is 1. The lowest BCUT2D eigenvalue weighted by atomic mass is 9.82. The van der Waals surface area contributed by atoms with E-state index in [1.807, 2.05) is 6.92 Å². The van der Waals surface area contributed by atoms with Crippen molar-refractivity contribution in [1.29, 1.82) is 0 Å². The number of likely N-dealkylation sites (tertiary alicyclic amines) is 1. The van der Waals surface area contributed by atoms with Crippen molar-refractivity contribution in [2.75, 3.05) is 13.1 Å². The molecule has 0 radical (unpaired) electrons. The third-order valence-electron chi connectivity index (χ3n) is 4.41. The van der Waals surface area contributed by atoms with Gasteiger partial charge in [-0.25, -0.2) is 0 Å². The van der Waals surface area contributed by atoms with E-state index in [-0.39, 0.29) is 23.7 Å². The van der Waals surface area contributed by atoms with Gasteiger partial charge in [0.2, 0.25) is 0 Å². The number of nitro groups is 1. The molecule has 0 aromatic heterocycles. The fourth-order valence-corrected chi connectivity index (χ4v) is 2.94. The molecule has 1 fully saturated rings. The molecule has 1 N–H and O–H groups in total. The van der Waals surface area contributed by atoms with Crippen LogP contribution < -0.4 is 0 Å². The van der Waals surface area contributed by atoms with E-state index in [1.54, 1.807) is 19.1 Å². The van der Waals surface area contributed by atoms with Crippen LogP contribution in [0.1, 0.15) is 42.6 Å². The van der Waals surface area contributed by atoms with Crippen molar-refractivity contribution < 1.29 is 19.6 Å². The highest BCUT2D eigenvalue weighted by atomic mass is 16.6. The minimum Gasteiger partial charge on any atom is -0.481 e. The average molecular weight is 320 g/mol. The van der Waals surface area contributed by atoms with Gasteiger partial charge in [0.05, 0.1) is 10.3 Å². The summed E-state index contributed by atoms with van der Waals surface area (Å²) in [5.41, 5.74) is -0.246. The minimum atomic E-state index is -0.969. The monoisotopic (exact) mass is 320 g/mol. The quantitative estimate of drug-likeness (QED) is 0.678. The van der Waals surface area contributed by atoms with Gasteiger partial charge in [-0.3, -0.25) is 19.7 Å². The number of carboxylic acid groups (broad SMARTS) is 1. The number of rotatable bonds is 4. The summed E-state index contributed by atoms with van der Waals surface area (Å²) in [6, 6.07) is 4.44. The number of hydrogen-bond donors (Lipinski definition) is 1. The molecule has 1 aliphatic rings. The molecule has 124 valence electrons. The van der Waals surface area contributed by atoms with Crippen molar-refractivity contribution in [3.63, 3.8) is 0 Å². The lowest BCUT2D eigenvalue weighted by Gasteiger charge is -2.37. The first-order valence-corrected chi connectivity index (χ1v) is 7.58. The lowest BCUT2D eigenvalue weighted by molar-refractivity contribution is -0.385. The van der Waals surface area contributed by atoms with E-state index in [0.29, 0.717) is 31.4 Å². The van der Waals surface area contributed by atoms with Gasteiger partial charge in [-0.1, -0.05) is 13.0 Å². The Hall–Kier alpha value is -2.44. The zero-order valence-corrected chi connectivity index (χ0v) is 13.2. The van der Waals surface area contributed by atoms with E-state index in [2.05, 4.69) is 0 Å². The van der Waals surface area contributed by atoms with Crippen LogP contribution >= 0.6 is 0 Å². The van der Waals surface area contributed by atoms with Crippen LogP contribution in [0.5, 0.6) is 0 Å². The Morgan fingerprint density at radius 1 is 1.43 bits per heavy atom. The first kappa shape index (κ1) is 16.9. The molecule has 0 aliphatic carbocycles. The summed E-state index contributed by atoms with van der Waals surface area (Å²) in [6.45, 7) is 4.01. The fourth-order valence-electron chi connectivity index (χ4n) is 2.94. The number of nitrogens with zero attached hydrogens (tertiary/aromatic N) is 2. The Kier molecular flexibility index (Phi) is 4.68. The molecule has 0 bridgehead atoms. The van der Waals surface area contributed by atoms with E-state index >= 15 is 0 Å². The van der Waals surface area contributed by atoms with E-state index in [0.717, 1.165) is 0 Å². The molecule has 1 atom stereocenters. The minimum absolute atomic E-state index is 0.0728. The third kappa shape index (κ3) is 3.33. The van der Waals surface area contributed by atoms with E-state index in [4.69, 9.17) is 0 Å². The van der Waals surface area contributed by atoms with Crippen LogP contribution in [0.3, 0.4) is 0 Å². The number of carbonyl (C=O) groups is 2. The van der Waals surface area contributed by atoms with Gasteiger partial charge in [0.25, 0.3) is 11.6 Å². The van der Waals surface area contributed by atoms with Crippen LogP contribution in [0.25, 0.3) is 0 Å². The van der Waals surface area contributed by atoms with Gasteiger partial charge in [-0.15, -0.1) is 0 Å². The van der Waals surface area contributed by atoms with Crippen molar-refractivity contribution >= 4 is 17.6 Å². The predicted molar refractivity (Wildman–Crippen MR) is 83.4 cm³/mol. The normalized spacial score (nSPS) is 21.0. The molecule has 1 aromatic rings. The van der Waals surface area contributed by atoms with Crippen LogP contribution in [0, 0.1) is 15.5 Å². The van der Waals surface area contributed by atoms with Gasteiger partial charge in [0.1, 0.15) is 0 Å². The second kappa shape index (κ2) is 6.36. The third-order valence-corrected chi connectivity index (χ3v) is 4.41. The number of carboxylic acids is 1. The largest absolute Gasteiger partial charge is 0.481 e. The first-order valence-electron chi connectivity index (χ1n) is 7.58. The Balaban J connectivity index is 2.28. The van der Waals surface area contributed by atoms with Gasteiger partial charge < -0.3 is 10.0 Å². The molecule has 1 amide bonds. The van der Waals surface area contributed by atoms with Gasteiger partial charge in [-0.2, -0.15) is 0 Å². The summed E-state index contributed by atoms with van der Waals surface area (Å²) in [4.78, 5) is 36.1. The van der Waals surface area contributed by atoms with Crippen molar-refractivity contribution in [2.45, 2.75) is 33.1 Å². The van der Waals surface area contributed by atoms with Crippen LogP contribution in [-0.4, -0.2) is 39.9 Å². The Morgan fingerprint density at radius 3 is 2.70 bits per heavy atom. The molecule has 23 heavy (non-hydrogen) atoms. The number of hydrogen-bond acceptors (Lipinski definition) is 4. The van der Waals surface area contributed by atoms with Gasteiger partial charge in [0.15, 0.2) is 0 Å². The zero-order valence-electron chi connectivity index (χ0n) is 13.2. The topological polar surface area (TPSA) is 101 Å². The van der Waals surface area contributed by atoms with Crippen LogP contribution in [0.2, 0.25) is 0 Å². The summed E-state index contributed by atoms with van der Waals surface area (Å²) in [7, 11) is 0. The maximum Gasteiger partial charge on any atom is 0.311 e. The summed E-state index contributed by atoms with van der Waals surface area (Å²) < 4.78 is 0. The smallest absolute Gasteiger partial charge is 0.311 e. The molecule has 1 saturated heterocycles. The number of benzene rings is 1. The Bertz CT molecular complexity index is 658. The standard InChI is InChI=1S/C16H20N2O5/c1-3-11-5-6-12(9-13(11)18(22)23)14(19)17-8-4-7-16(2,10-17)15(20)21/h5-6,9H,3-4,7-8,10H2,1-2H3,(H,20,21). The van der Waals surface area contributed by atoms with Gasteiger partial charge >= 0.3 is 5.97 Å². The summed E-state index contributed by atoms with van der Waals surface area (Å²) in [6.07, 6.45) is 1.62. The highest BCUT2D eigenvalue weighted by Gasteiger charge is 2.39. The number of piperidine rings is 1. The molecular formula is C16H20N2O5. The second-order valence-electron chi connectivity index (χ2n) is 6.15. The molecule has 1 aliphatic heterocycles. The average Bonchev–Trinajstić information content (AvgIpc) is 2.53. The Morgan fingerprint density at radius 2 is 2.13 bits per heavy atom. The molecule has 1 unspecified atom stereocenters. The molecule has 0 spiro atoms.